The standard InChI is InChI=1S/C9H10BrN3O/c10-6-1-2-8(12-5-6)9-3-7(4-11)14-13-9/h1-2,5,7H,3-4,11H2. The summed E-state index contributed by atoms with van der Waals surface area (Å²) in [5.41, 5.74) is 7.19. The number of aromatic nitrogens is 1. The SMILES string of the molecule is NCC1CC(c2ccc(Br)cn2)=NO1. The Morgan fingerprint density at radius 3 is 3.00 bits per heavy atom. The molecule has 1 aliphatic rings. The Balaban J connectivity index is 2.13. The highest BCUT2D eigenvalue weighted by Crippen LogP contribution is 2.15. The van der Waals surface area contributed by atoms with E-state index in [0.717, 1.165) is 22.3 Å². The third kappa shape index (κ3) is 1.93. The average Bonchev–Trinajstić information content (AvgIpc) is 2.67. The summed E-state index contributed by atoms with van der Waals surface area (Å²) in [6, 6.07) is 3.84. The van der Waals surface area contributed by atoms with E-state index in [1.165, 1.54) is 0 Å². The summed E-state index contributed by atoms with van der Waals surface area (Å²) in [6.07, 6.45) is 2.49. The number of hydrogen-bond acceptors (Lipinski definition) is 4. The van der Waals surface area contributed by atoms with Gasteiger partial charge in [-0.05, 0) is 28.1 Å². The minimum Gasteiger partial charge on any atom is -0.390 e. The van der Waals surface area contributed by atoms with Crippen molar-refractivity contribution < 1.29 is 4.84 Å². The van der Waals surface area contributed by atoms with Gasteiger partial charge in [-0.25, -0.2) is 0 Å². The van der Waals surface area contributed by atoms with Crippen molar-refractivity contribution in [1.82, 2.24) is 4.98 Å². The topological polar surface area (TPSA) is 60.5 Å². The highest BCUT2D eigenvalue weighted by atomic mass is 79.9. The van der Waals surface area contributed by atoms with E-state index in [1.807, 2.05) is 12.1 Å². The molecule has 1 aromatic heterocycles. The van der Waals surface area contributed by atoms with Crippen molar-refractivity contribution in [3.8, 4) is 0 Å². The zero-order valence-electron chi connectivity index (χ0n) is 7.48. The highest BCUT2D eigenvalue weighted by Gasteiger charge is 2.21. The van der Waals surface area contributed by atoms with Crippen LogP contribution in [0.3, 0.4) is 0 Å². The number of nitrogens with zero attached hydrogens (tertiary/aromatic N) is 2. The van der Waals surface area contributed by atoms with Crippen molar-refractivity contribution in [2.45, 2.75) is 12.5 Å². The van der Waals surface area contributed by atoms with Gasteiger partial charge < -0.3 is 10.6 Å². The van der Waals surface area contributed by atoms with Gasteiger partial charge >= 0.3 is 0 Å². The maximum absolute atomic E-state index is 5.47. The van der Waals surface area contributed by atoms with Gasteiger partial charge in [0, 0.05) is 23.6 Å². The van der Waals surface area contributed by atoms with Crippen LogP contribution in [-0.4, -0.2) is 23.3 Å². The van der Waals surface area contributed by atoms with Crippen LogP contribution < -0.4 is 5.73 Å². The molecule has 1 unspecified atom stereocenters. The quantitative estimate of drug-likeness (QED) is 0.867. The molecule has 2 heterocycles. The first-order chi connectivity index (χ1) is 6.79. The fraction of sp³-hybridized carbons (Fsp3) is 0.333. The molecule has 1 atom stereocenters. The first-order valence-corrected chi connectivity index (χ1v) is 5.13. The number of nitrogens with two attached hydrogens (primary N) is 1. The maximum Gasteiger partial charge on any atom is 0.145 e. The van der Waals surface area contributed by atoms with Gasteiger partial charge in [0.15, 0.2) is 0 Å². The Labute approximate surface area is 90.3 Å². The van der Waals surface area contributed by atoms with Crippen LogP contribution in [0.4, 0.5) is 0 Å². The van der Waals surface area contributed by atoms with Gasteiger partial charge in [-0.3, -0.25) is 4.98 Å². The summed E-state index contributed by atoms with van der Waals surface area (Å²) >= 11 is 3.33. The highest BCUT2D eigenvalue weighted by molar-refractivity contribution is 9.10. The van der Waals surface area contributed by atoms with Crippen LogP contribution in [0, 0.1) is 0 Å². The number of halogens is 1. The summed E-state index contributed by atoms with van der Waals surface area (Å²) in [4.78, 5) is 9.34. The van der Waals surface area contributed by atoms with Gasteiger partial charge in [-0.1, -0.05) is 5.16 Å². The molecule has 1 aliphatic heterocycles. The van der Waals surface area contributed by atoms with Crippen molar-refractivity contribution in [3.05, 3.63) is 28.5 Å². The second-order valence-electron chi connectivity index (χ2n) is 3.07. The van der Waals surface area contributed by atoms with Gasteiger partial charge in [-0.2, -0.15) is 0 Å². The van der Waals surface area contributed by atoms with Crippen molar-refractivity contribution in [2.75, 3.05) is 6.54 Å². The molecule has 74 valence electrons. The van der Waals surface area contributed by atoms with Gasteiger partial charge in [-0.15, -0.1) is 0 Å². The lowest BCUT2D eigenvalue weighted by molar-refractivity contribution is 0.0918. The van der Waals surface area contributed by atoms with E-state index in [-0.39, 0.29) is 6.10 Å². The summed E-state index contributed by atoms with van der Waals surface area (Å²) in [7, 11) is 0. The molecule has 0 saturated heterocycles. The van der Waals surface area contributed by atoms with Crippen molar-refractivity contribution in [1.29, 1.82) is 0 Å². The monoisotopic (exact) mass is 255 g/mol. The molecule has 0 radical (unpaired) electrons. The van der Waals surface area contributed by atoms with Crippen molar-refractivity contribution in [3.63, 3.8) is 0 Å². The normalized spacial score (nSPS) is 20.4. The molecular weight excluding hydrogens is 246 g/mol. The molecule has 0 amide bonds. The molecule has 0 bridgehead atoms. The van der Waals surface area contributed by atoms with Crippen molar-refractivity contribution >= 4 is 21.6 Å². The van der Waals surface area contributed by atoms with E-state index in [9.17, 15) is 0 Å². The molecule has 0 saturated carbocycles. The molecule has 0 fully saturated rings. The molecule has 2 N–H and O–H groups in total. The second-order valence-corrected chi connectivity index (χ2v) is 3.98. The lowest BCUT2D eigenvalue weighted by Crippen LogP contribution is -2.20. The third-order valence-corrected chi connectivity index (χ3v) is 2.49. The van der Waals surface area contributed by atoms with Crippen LogP contribution in [0.15, 0.2) is 28.0 Å². The van der Waals surface area contributed by atoms with Crippen LogP contribution >= 0.6 is 15.9 Å². The molecule has 0 aromatic carbocycles. The molecule has 0 spiro atoms. The molecule has 1 aromatic rings. The van der Waals surface area contributed by atoms with Crippen LogP contribution in [0.5, 0.6) is 0 Å². The van der Waals surface area contributed by atoms with E-state index in [1.54, 1.807) is 6.20 Å². The molecule has 2 rings (SSSR count). The second kappa shape index (κ2) is 4.06. The van der Waals surface area contributed by atoms with E-state index in [4.69, 9.17) is 10.6 Å². The Kier molecular flexibility index (Phi) is 2.79. The Morgan fingerprint density at radius 2 is 2.43 bits per heavy atom. The lowest BCUT2D eigenvalue weighted by Gasteiger charge is -2.01. The van der Waals surface area contributed by atoms with Crippen LogP contribution in [0.1, 0.15) is 12.1 Å². The Morgan fingerprint density at radius 1 is 1.57 bits per heavy atom. The number of rotatable bonds is 2. The number of oxime groups is 1. The van der Waals surface area contributed by atoms with Gasteiger partial charge in [0.2, 0.25) is 0 Å². The van der Waals surface area contributed by atoms with E-state index >= 15 is 0 Å². The third-order valence-electron chi connectivity index (χ3n) is 2.02. The molecule has 14 heavy (non-hydrogen) atoms. The van der Waals surface area contributed by atoms with Gasteiger partial charge in [0.1, 0.15) is 11.8 Å². The minimum absolute atomic E-state index is 0.00967. The fourth-order valence-electron chi connectivity index (χ4n) is 1.25. The first kappa shape index (κ1) is 9.61. The Hall–Kier alpha value is -0.940. The maximum atomic E-state index is 5.47. The van der Waals surface area contributed by atoms with Gasteiger partial charge in [0.05, 0.1) is 5.69 Å². The predicted molar refractivity (Wildman–Crippen MR) is 57.0 cm³/mol. The van der Waals surface area contributed by atoms with Crippen LogP contribution in [-0.2, 0) is 4.84 Å². The summed E-state index contributed by atoms with van der Waals surface area (Å²) < 4.78 is 0.955. The zero-order chi connectivity index (χ0) is 9.97. The predicted octanol–water partition coefficient (Wildman–Crippen LogP) is 1.30. The van der Waals surface area contributed by atoms with Crippen molar-refractivity contribution in [2.24, 2.45) is 10.9 Å². The minimum atomic E-state index is 0.00967. The summed E-state index contributed by atoms with van der Waals surface area (Å²) in [5, 5.41) is 3.95. The molecule has 0 aliphatic carbocycles. The van der Waals surface area contributed by atoms with E-state index in [0.29, 0.717) is 6.54 Å². The molecule has 5 heteroatoms. The smallest absolute Gasteiger partial charge is 0.145 e. The van der Waals surface area contributed by atoms with E-state index < -0.39 is 0 Å². The number of pyridine rings is 1. The Bertz CT molecular complexity index is 350. The zero-order valence-corrected chi connectivity index (χ0v) is 9.07. The fourth-order valence-corrected chi connectivity index (χ4v) is 1.49. The molecular formula is C9H10BrN3O. The average molecular weight is 256 g/mol. The van der Waals surface area contributed by atoms with Crippen LogP contribution in [0.25, 0.3) is 0 Å². The number of hydrogen-bond donors (Lipinski definition) is 1. The van der Waals surface area contributed by atoms with Crippen LogP contribution in [0.2, 0.25) is 0 Å². The van der Waals surface area contributed by atoms with Gasteiger partial charge in [0.25, 0.3) is 0 Å². The first-order valence-electron chi connectivity index (χ1n) is 4.34. The summed E-state index contributed by atoms with van der Waals surface area (Å²) in [5.74, 6) is 0. The molecule has 4 nitrogen and oxygen atoms in total. The largest absolute Gasteiger partial charge is 0.390 e. The lowest BCUT2D eigenvalue weighted by atomic mass is 10.1. The summed E-state index contributed by atoms with van der Waals surface area (Å²) in [6.45, 7) is 0.490. The van der Waals surface area contributed by atoms with E-state index in [2.05, 4.69) is 26.1 Å².